The van der Waals surface area contributed by atoms with Gasteiger partial charge in [-0.15, -0.1) is 11.8 Å². The van der Waals surface area contributed by atoms with Crippen LogP contribution in [0.25, 0.3) is 11.3 Å². The van der Waals surface area contributed by atoms with Crippen LogP contribution in [0, 0.1) is 5.92 Å². The number of rotatable bonds is 3. The molecular weight excluding hydrogens is 364 g/mol. The van der Waals surface area contributed by atoms with Crippen molar-refractivity contribution < 1.29 is 0 Å². The first-order chi connectivity index (χ1) is 13.7. The topological polar surface area (TPSA) is 31.4 Å². The highest BCUT2D eigenvalue weighted by molar-refractivity contribution is 8.00. The molecule has 0 radical (unpaired) electrons. The Bertz CT molecular complexity index is 844. The molecule has 2 atom stereocenters. The molecule has 0 bridgehead atoms. The molecule has 5 heteroatoms. The third-order valence-electron chi connectivity index (χ3n) is 6.23. The molecule has 2 saturated heterocycles. The van der Waals surface area contributed by atoms with Crippen LogP contribution < -0.4 is 15.1 Å². The Balaban J connectivity index is 1.47. The van der Waals surface area contributed by atoms with E-state index >= 15 is 0 Å². The molecule has 2 unspecified atom stereocenters. The molecule has 0 spiro atoms. The van der Waals surface area contributed by atoms with Crippen LogP contribution in [-0.2, 0) is 6.42 Å². The van der Waals surface area contributed by atoms with Crippen molar-refractivity contribution in [2.75, 3.05) is 49.1 Å². The molecule has 5 rings (SSSR count). The summed E-state index contributed by atoms with van der Waals surface area (Å²) in [5, 5.41) is 4.06. The van der Waals surface area contributed by atoms with Gasteiger partial charge in [0.05, 0.1) is 22.0 Å². The number of fused-ring (bicyclic) bond motifs is 1. The first-order valence-corrected chi connectivity index (χ1v) is 11.6. The minimum Gasteiger partial charge on any atom is -0.370 e. The van der Waals surface area contributed by atoms with Crippen molar-refractivity contribution in [1.29, 1.82) is 0 Å². The maximum Gasteiger partial charge on any atom is 0.0726 e. The van der Waals surface area contributed by atoms with Crippen molar-refractivity contribution >= 4 is 23.1 Å². The lowest BCUT2D eigenvalue weighted by Crippen LogP contribution is -2.43. The van der Waals surface area contributed by atoms with Gasteiger partial charge in [-0.3, -0.25) is 4.98 Å². The monoisotopic (exact) mass is 394 g/mol. The van der Waals surface area contributed by atoms with Gasteiger partial charge in [0.25, 0.3) is 0 Å². The van der Waals surface area contributed by atoms with Crippen molar-refractivity contribution in [2.24, 2.45) is 5.92 Å². The van der Waals surface area contributed by atoms with Gasteiger partial charge in [-0.05, 0) is 30.5 Å². The molecule has 3 aliphatic rings. The first kappa shape index (κ1) is 18.3. The van der Waals surface area contributed by atoms with Crippen molar-refractivity contribution in [2.45, 2.75) is 36.8 Å². The van der Waals surface area contributed by atoms with Gasteiger partial charge in [0.2, 0.25) is 0 Å². The van der Waals surface area contributed by atoms with Gasteiger partial charge < -0.3 is 15.1 Å². The van der Waals surface area contributed by atoms with E-state index < -0.39 is 0 Å². The molecule has 4 nitrogen and oxygen atoms in total. The number of pyridine rings is 1. The summed E-state index contributed by atoms with van der Waals surface area (Å²) in [7, 11) is 0. The smallest absolute Gasteiger partial charge is 0.0726 e. The van der Waals surface area contributed by atoms with E-state index in [4.69, 9.17) is 4.98 Å². The largest absolute Gasteiger partial charge is 0.370 e. The summed E-state index contributed by atoms with van der Waals surface area (Å²) < 4.78 is 0. The molecule has 28 heavy (non-hydrogen) atoms. The molecule has 3 aliphatic heterocycles. The molecule has 1 aromatic heterocycles. The van der Waals surface area contributed by atoms with Crippen LogP contribution >= 0.6 is 11.8 Å². The van der Waals surface area contributed by atoms with E-state index in [9.17, 15) is 0 Å². The number of benzene rings is 1. The number of aromatic nitrogens is 1. The van der Waals surface area contributed by atoms with E-state index in [1.165, 1.54) is 47.0 Å². The van der Waals surface area contributed by atoms with Crippen LogP contribution in [0.3, 0.4) is 0 Å². The summed E-state index contributed by atoms with van der Waals surface area (Å²) >= 11 is 2.01. The van der Waals surface area contributed by atoms with Gasteiger partial charge in [-0.1, -0.05) is 26.0 Å². The molecule has 0 amide bonds. The van der Waals surface area contributed by atoms with E-state index in [2.05, 4.69) is 59.3 Å². The van der Waals surface area contributed by atoms with Crippen LogP contribution in [0.4, 0.5) is 11.4 Å². The first-order valence-electron chi connectivity index (χ1n) is 10.7. The van der Waals surface area contributed by atoms with Crippen LogP contribution in [0.2, 0.25) is 0 Å². The third-order valence-corrected chi connectivity index (χ3v) is 7.48. The molecule has 1 N–H and O–H groups in total. The molecule has 1 aromatic carbocycles. The summed E-state index contributed by atoms with van der Waals surface area (Å²) in [6.07, 6.45) is 2.38. The van der Waals surface area contributed by atoms with Crippen LogP contribution in [0.15, 0.2) is 35.2 Å². The third kappa shape index (κ3) is 3.50. The van der Waals surface area contributed by atoms with Gasteiger partial charge in [-0.25, -0.2) is 0 Å². The average molecular weight is 395 g/mol. The van der Waals surface area contributed by atoms with Gasteiger partial charge in [0, 0.05) is 62.2 Å². The zero-order valence-corrected chi connectivity index (χ0v) is 17.8. The normalized spacial score (nSPS) is 24.6. The summed E-state index contributed by atoms with van der Waals surface area (Å²) in [5.74, 6) is 0.786. The maximum absolute atomic E-state index is 5.10. The van der Waals surface area contributed by atoms with E-state index in [1.54, 1.807) is 0 Å². The SMILES string of the molecule is CC1CCN(c2cc(-c3ccc(N4CCNCC4)cc3)nc3c2SC(C)C3)C1. The second kappa shape index (κ2) is 7.60. The molecular formula is C23H30N4S. The highest BCUT2D eigenvalue weighted by atomic mass is 32.2. The molecule has 2 aromatic rings. The lowest BCUT2D eigenvalue weighted by molar-refractivity contribution is 0.589. The fourth-order valence-electron chi connectivity index (χ4n) is 4.66. The van der Waals surface area contributed by atoms with Crippen molar-refractivity contribution in [3.05, 3.63) is 36.0 Å². The van der Waals surface area contributed by atoms with E-state index in [1.807, 2.05) is 11.8 Å². The molecule has 148 valence electrons. The fourth-order valence-corrected chi connectivity index (χ4v) is 5.87. The minimum atomic E-state index is 0.631. The van der Waals surface area contributed by atoms with Crippen molar-refractivity contribution in [3.8, 4) is 11.3 Å². The van der Waals surface area contributed by atoms with Crippen LogP contribution in [-0.4, -0.2) is 49.5 Å². The van der Waals surface area contributed by atoms with Gasteiger partial charge in [0.15, 0.2) is 0 Å². The Morgan fingerprint density at radius 1 is 1.04 bits per heavy atom. The summed E-state index contributed by atoms with van der Waals surface area (Å²) in [6, 6.07) is 11.4. The van der Waals surface area contributed by atoms with E-state index in [0.29, 0.717) is 5.25 Å². The number of nitrogens with zero attached hydrogens (tertiary/aromatic N) is 3. The standard InChI is InChI=1S/C23H30N4S/c1-16-7-10-27(15-16)22-14-20(25-21-13-17(2)28-23(21)22)18-3-5-19(6-4-18)26-11-8-24-9-12-26/h3-6,14,16-17,24H,7-13,15H2,1-2H3. The number of piperazine rings is 1. The van der Waals surface area contributed by atoms with Crippen LogP contribution in [0.5, 0.6) is 0 Å². The molecule has 0 aliphatic carbocycles. The number of nitrogens with one attached hydrogen (secondary N) is 1. The Morgan fingerprint density at radius 2 is 1.82 bits per heavy atom. The lowest BCUT2D eigenvalue weighted by Gasteiger charge is -2.29. The van der Waals surface area contributed by atoms with Gasteiger partial charge in [-0.2, -0.15) is 0 Å². The number of hydrogen-bond donors (Lipinski definition) is 1. The average Bonchev–Trinajstić information content (AvgIpc) is 3.32. The summed E-state index contributed by atoms with van der Waals surface area (Å²) in [4.78, 5) is 11.6. The molecule has 0 saturated carbocycles. The second-order valence-electron chi connectivity index (χ2n) is 8.56. The quantitative estimate of drug-likeness (QED) is 0.849. The maximum atomic E-state index is 5.10. The Labute approximate surface area is 172 Å². The predicted molar refractivity (Wildman–Crippen MR) is 120 cm³/mol. The Hall–Kier alpha value is -1.72. The highest BCUT2D eigenvalue weighted by Gasteiger charge is 2.29. The zero-order valence-electron chi connectivity index (χ0n) is 16.9. The molecule has 4 heterocycles. The van der Waals surface area contributed by atoms with Crippen molar-refractivity contribution in [3.63, 3.8) is 0 Å². The lowest BCUT2D eigenvalue weighted by atomic mass is 10.1. The summed E-state index contributed by atoms with van der Waals surface area (Å²) in [6.45, 7) is 11.4. The molecule has 2 fully saturated rings. The number of anilines is 2. The highest BCUT2D eigenvalue weighted by Crippen LogP contribution is 2.45. The van der Waals surface area contributed by atoms with Crippen molar-refractivity contribution in [1.82, 2.24) is 10.3 Å². The number of hydrogen-bond acceptors (Lipinski definition) is 5. The summed E-state index contributed by atoms with van der Waals surface area (Å²) in [5.41, 5.74) is 6.42. The number of thioether (sulfide) groups is 1. The minimum absolute atomic E-state index is 0.631. The fraction of sp³-hybridized carbons (Fsp3) is 0.522. The van der Waals surface area contributed by atoms with Gasteiger partial charge in [0.1, 0.15) is 0 Å². The van der Waals surface area contributed by atoms with Crippen LogP contribution in [0.1, 0.15) is 26.0 Å². The Morgan fingerprint density at radius 3 is 2.54 bits per heavy atom. The second-order valence-corrected chi connectivity index (χ2v) is 10.0. The predicted octanol–water partition coefficient (Wildman–Crippen LogP) is 4.04. The Kier molecular flexibility index (Phi) is 4.97. The zero-order chi connectivity index (χ0) is 19.1. The van der Waals surface area contributed by atoms with E-state index in [0.717, 1.165) is 44.2 Å². The van der Waals surface area contributed by atoms with E-state index in [-0.39, 0.29) is 0 Å². The van der Waals surface area contributed by atoms with Gasteiger partial charge >= 0.3 is 0 Å².